The number of aromatic nitrogens is 3. The van der Waals surface area contributed by atoms with Crippen LogP contribution in [0.2, 0.25) is 0 Å². The van der Waals surface area contributed by atoms with Crippen molar-refractivity contribution in [2.75, 3.05) is 12.5 Å². The molecule has 0 saturated heterocycles. The molecular formula is C12H13N5O2. The number of nitrogens with one attached hydrogen (secondary N) is 2. The molecule has 0 aliphatic heterocycles. The third kappa shape index (κ3) is 3.38. The summed E-state index contributed by atoms with van der Waals surface area (Å²) in [6.07, 6.45) is 1.60. The highest BCUT2D eigenvalue weighted by molar-refractivity contribution is 5.80. The number of nitrogens with zero attached hydrogens (tertiary/aromatic N) is 3. The van der Waals surface area contributed by atoms with Gasteiger partial charge in [-0.1, -0.05) is 0 Å². The smallest absolute Gasteiger partial charge is 0.274 e. The maximum Gasteiger partial charge on any atom is 0.274 e. The summed E-state index contributed by atoms with van der Waals surface area (Å²) >= 11 is 0. The number of anilines is 1. The Bertz CT molecular complexity index is 633. The largest absolute Gasteiger partial charge is 0.497 e. The zero-order valence-electron chi connectivity index (χ0n) is 10.5. The summed E-state index contributed by atoms with van der Waals surface area (Å²) in [4.78, 5) is 13.8. The Morgan fingerprint density at radius 1 is 1.32 bits per heavy atom. The Hall–Kier alpha value is -2.70. The molecule has 0 spiro atoms. The quantitative estimate of drug-likeness (QED) is 0.629. The van der Waals surface area contributed by atoms with Gasteiger partial charge in [-0.2, -0.15) is 5.10 Å². The van der Waals surface area contributed by atoms with E-state index in [9.17, 15) is 4.79 Å². The molecule has 2 aromatic rings. The minimum absolute atomic E-state index is 0.195. The first-order valence-electron chi connectivity index (χ1n) is 5.56. The molecule has 1 heterocycles. The van der Waals surface area contributed by atoms with Gasteiger partial charge in [0.25, 0.3) is 5.56 Å². The number of ether oxygens (including phenoxy) is 1. The minimum Gasteiger partial charge on any atom is -0.497 e. The highest BCUT2D eigenvalue weighted by Crippen LogP contribution is 2.09. The van der Waals surface area contributed by atoms with Crippen molar-refractivity contribution in [3.63, 3.8) is 0 Å². The van der Waals surface area contributed by atoms with E-state index in [4.69, 9.17) is 4.74 Å². The van der Waals surface area contributed by atoms with Crippen LogP contribution in [0.15, 0.2) is 34.2 Å². The van der Waals surface area contributed by atoms with Crippen LogP contribution in [0.5, 0.6) is 5.75 Å². The van der Waals surface area contributed by atoms with Crippen LogP contribution in [0.3, 0.4) is 0 Å². The Labute approximate surface area is 109 Å². The van der Waals surface area contributed by atoms with Gasteiger partial charge in [-0.25, -0.2) is 5.43 Å². The van der Waals surface area contributed by atoms with E-state index in [-0.39, 0.29) is 11.5 Å². The number of aryl methyl sites for hydroxylation is 1. The molecule has 7 nitrogen and oxygen atoms in total. The van der Waals surface area contributed by atoms with Gasteiger partial charge in [-0.15, -0.1) is 10.2 Å². The first-order valence-corrected chi connectivity index (χ1v) is 5.56. The molecule has 0 aliphatic rings. The van der Waals surface area contributed by atoms with E-state index in [1.54, 1.807) is 20.2 Å². The number of hydrogen-bond acceptors (Lipinski definition) is 6. The number of methoxy groups -OCH3 is 1. The number of hydrogen-bond donors (Lipinski definition) is 2. The molecule has 0 saturated carbocycles. The van der Waals surface area contributed by atoms with E-state index < -0.39 is 0 Å². The lowest BCUT2D eigenvalue weighted by atomic mass is 10.2. The molecule has 0 amide bonds. The fraction of sp³-hybridized carbons (Fsp3) is 0.167. The Balaban J connectivity index is 2.02. The second-order valence-electron chi connectivity index (χ2n) is 3.73. The van der Waals surface area contributed by atoms with Gasteiger partial charge in [0, 0.05) is 0 Å². The van der Waals surface area contributed by atoms with E-state index >= 15 is 0 Å². The highest BCUT2D eigenvalue weighted by Gasteiger charge is 1.97. The van der Waals surface area contributed by atoms with Crippen LogP contribution >= 0.6 is 0 Å². The predicted molar refractivity (Wildman–Crippen MR) is 71.6 cm³/mol. The summed E-state index contributed by atoms with van der Waals surface area (Å²) in [5, 5.41) is 11.4. The van der Waals surface area contributed by atoms with Crippen molar-refractivity contribution in [3.05, 3.63) is 45.9 Å². The monoisotopic (exact) mass is 259 g/mol. The maximum atomic E-state index is 11.3. The van der Waals surface area contributed by atoms with Gasteiger partial charge in [0.1, 0.15) is 11.4 Å². The zero-order valence-corrected chi connectivity index (χ0v) is 10.5. The van der Waals surface area contributed by atoms with Gasteiger partial charge in [0.15, 0.2) is 0 Å². The van der Waals surface area contributed by atoms with Gasteiger partial charge < -0.3 is 4.74 Å². The van der Waals surface area contributed by atoms with Crippen LogP contribution in [0.1, 0.15) is 11.3 Å². The van der Waals surface area contributed by atoms with Crippen molar-refractivity contribution >= 4 is 12.2 Å². The van der Waals surface area contributed by atoms with E-state index in [1.165, 1.54) is 0 Å². The Kier molecular flexibility index (Phi) is 3.87. The van der Waals surface area contributed by atoms with Gasteiger partial charge in [-0.3, -0.25) is 9.78 Å². The van der Waals surface area contributed by atoms with E-state index in [0.717, 1.165) is 11.3 Å². The normalized spacial score (nSPS) is 10.6. The molecule has 1 aromatic carbocycles. The first kappa shape index (κ1) is 12.7. The van der Waals surface area contributed by atoms with Crippen LogP contribution in [0.4, 0.5) is 5.95 Å². The summed E-state index contributed by atoms with van der Waals surface area (Å²) in [5.74, 6) is 0.971. The number of rotatable bonds is 4. The third-order valence-electron chi connectivity index (χ3n) is 2.36. The van der Waals surface area contributed by atoms with Gasteiger partial charge in [-0.05, 0) is 36.8 Å². The van der Waals surface area contributed by atoms with E-state index in [1.807, 2.05) is 24.3 Å². The maximum absolute atomic E-state index is 11.3. The summed E-state index contributed by atoms with van der Waals surface area (Å²) < 4.78 is 5.05. The first-order chi connectivity index (χ1) is 9.19. The van der Waals surface area contributed by atoms with Crippen molar-refractivity contribution in [2.24, 2.45) is 5.10 Å². The molecule has 0 unspecified atom stereocenters. The van der Waals surface area contributed by atoms with Crippen LogP contribution in [-0.2, 0) is 0 Å². The molecule has 1 aromatic heterocycles. The van der Waals surface area contributed by atoms with Crippen LogP contribution in [0.25, 0.3) is 0 Å². The molecule has 0 fully saturated rings. The van der Waals surface area contributed by atoms with Gasteiger partial charge in [0.05, 0.1) is 13.3 Å². The number of hydrazone groups is 1. The fourth-order valence-corrected chi connectivity index (χ4v) is 1.30. The summed E-state index contributed by atoms with van der Waals surface area (Å²) in [7, 11) is 1.61. The van der Waals surface area contributed by atoms with Crippen molar-refractivity contribution in [1.29, 1.82) is 0 Å². The standard InChI is InChI=1S/C12H13N5O2/c1-8-11(18)14-12(17-15-8)16-13-7-9-3-5-10(19-2)6-4-9/h3-7H,1-2H3,(H2,14,16,17,18). The zero-order chi connectivity index (χ0) is 13.7. The highest BCUT2D eigenvalue weighted by atomic mass is 16.5. The lowest BCUT2D eigenvalue weighted by Crippen LogP contribution is -2.15. The number of aromatic amines is 1. The Morgan fingerprint density at radius 2 is 2.05 bits per heavy atom. The van der Waals surface area contributed by atoms with Crippen LogP contribution in [0, 0.1) is 6.92 Å². The van der Waals surface area contributed by atoms with Crippen molar-refractivity contribution in [3.8, 4) is 5.75 Å². The molecular weight excluding hydrogens is 246 g/mol. The molecule has 7 heteroatoms. The van der Waals surface area contributed by atoms with Crippen molar-refractivity contribution in [2.45, 2.75) is 6.92 Å². The van der Waals surface area contributed by atoms with Gasteiger partial charge in [0.2, 0.25) is 5.95 Å². The van der Waals surface area contributed by atoms with Gasteiger partial charge >= 0.3 is 0 Å². The molecule has 0 atom stereocenters. The average Bonchev–Trinajstić information content (AvgIpc) is 2.43. The predicted octanol–water partition coefficient (Wildman–Crippen LogP) is 0.928. The van der Waals surface area contributed by atoms with Crippen molar-refractivity contribution < 1.29 is 4.74 Å². The van der Waals surface area contributed by atoms with E-state index in [0.29, 0.717) is 5.69 Å². The summed E-state index contributed by atoms with van der Waals surface area (Å²) in [5.41, 5.74) is 3.50. The summed E-state index contributed by atoms with van der Waals surface area (Å²) in [6, 6.07) is 7.37. The number of benzene rings is 1. The molecule has 2 rings (SSSR count). The second kappa shape index (κ2) is 5.76. The SMILES string of the molecule is COc1ccc(C=NNc2nnc(C)c(=O)[nH]2)cc1. The lowest BCUT2D eigenvalue weighted by molar-refractivity contribution is 0.415. The van der Waals surface area contributed by atoms with Crippen LogP contribution < -0.4 is 15.7 Å². The number of H-pyrrole nitrogens is 1. The molecule has 19 heavy (non-hydrogen) atoms. The van der Waals surface area contributed by atoms with E-state index in [2.05, 4.69) is 25.7 Å². The second-order valence-corrected chi connectivity index (χ2v) is 3.73. The average molecular weight is 259 g/mol. The summed E-state index contributed by atoms with van der Waals surface area (Å²) in [6.45, 7) is 1.58. The fourth-order valence-electron chi connectivity index (χ4n) is 1.30. The Morgan fingerprint density at radius 3 is 2.68 bits per heavy atom. The molecule has 0 aliphatic carbocycles. The molecule has 0 radical (unpaired) electrons. The topological polar surface area (TPSA) is 92.3 Å². The van der Waals surface area contributed by atoms with Crippen molar-refractivity contribution in [1.82, 2.24) is 15.2 Å². The minimum atomic E-state index is -0.294. The molecule has 0 bridgehead atoms. The van der Waals surface area contributed by atoms with Crippen LogP contribution in [-0.4, -0.2) is 28.5 Å². The third-order valence-corrected chi connectivity index (χ3v) is 2.36. The molecule has 2 N–H and O–H groups in total. The lowest BCUT2D eigenvalue weighted by Gasteiger charge is -1.99. The molecule has 98 valence electrons.